The van der Waals surface area contributed by atoms with E-state index in [0.29, 0.717) is 13.2 Å². The van der Waals surface area contributed by atoms with Crippen LogP contribution in [0.15, 0.2) is 12.7 Å². The van der Waals surface area contributed by atoms with Crippen molar-refractivity contribution in [3.05, 3.63) is 12.7 Å². The molecule has 0 aromatic carbocycles. The molecule has 19 heavy (non-hydrogen) atoms. The second kappa shape index (κ2) is 8.56. The standard InChI is InChI=1S/C14H24N2O3/c1-3-9-16(12-13(17)19-4-2)14(18)15-10-7-5-6-8-11-15/h3H,1,4-12H2,2H3. The molecule has 1 rings (SSSR count). The first-order valence-electron chi connectivity index (χ1n) is 6.99. The van der Waals surface area contributed by atoms with Crippen LogP contribution in [0.3, 0.4) is 0 Å². The van der Waals surface area contributed by atoms with Crippen molar-refractivity contribution in [2.45, 2.75) is 32.6 Å². The summed E-state index contributed by atoms with van der Waals surface area (Å²) < 4.78 is 4.90. The lowest BCUT2D eigenvalue weighted by molar-refractivity contribution is -0.143. The lowest BCUT2D eigenvalue weighted by Crippen LogP contribution is -2.46. The highest BCUT2D eigenvalue weighted by atomic mass is 16.5. The largest absolute Gasteiger partial charge is 0.465 e. The summed E-state index contributed by atoms with van der Waals surface area (Å²) in [6, 6.07) is -0.0881. The summed E-state index contributed by atoms with van der Waals surface area (Å²) in [7, 11) is 0. The van der Waals surface area contributed by atoms with Gasteiger partial charge in [-0.05, 0) is 19.8 Å². The third-order valence-electron chi connectivity index (χ3n) is 3.12. The minimum absolute atomic E-state index is 0.00477. The molecule has 1 fully saturated rings. The molecule has 0 aliphatic carbocycles. The van der Waals surface area contributed by atoms with Gasteiger partial charge in [-0.3, -0.25) is 4.79 Å². The topological polar surface area (TPSA) is 49.9 Å². The number of carbonyl (C=O) groups excluding carboxylic acids is 2. The molecule has 1 aliphatic heterocycles. The van der Waals surface area contributed by atoms with Crippen molar-refractivity contribution in [2.75, 3.05) is 32.8 Å². The Morgan fingerprint density at radius 1 is 1.26 bits per heavy atom. The molecule has 0 aromatic heterocycles. The molecule has 1 heterocycles. The van der Waals surface area contributed by atoms with Crippen LogP contribution >= 0.6 is 0 Å². The first-order chi connectivity index (χ1) is 9.19. The van der Waals surface area contributed by atoms with E-state index < -0.39 is 0 Å². The van der Waals surface area contributed by atoms with Crippen LogP contribution in [0.4, 0.5) is 4.79 Å². The zero-order valence-corrected chi connectivity index (χ0v) is 11.8. The minimum Gasteiger partial charge on any atom is -0.465 e. The SMILES string of the molecule is C=CCN(CC(=O)OCC)C(=O)N1CCCCCC1. The van der Waals surface area contributed by atoms with E-state index in [1.807, 2.05) is 4.90 Å². The number of hydrogen-bond acceptors (Lipinski definition) is 3. The summed E-state index contributed by atoms with van der Waals surface area (Å²) in [4.78, 5) is 27.2. The lowest BCUT2D eigenvalue weighted by Gasteiger charge is -2.28. The Morgan fingerprint density at radius 2 is 1.89 bits per heavy atom. The summed E-state index contributed by atoms with van der Waals surface area (Å²) in [5.74, 6) is -0.368. The zero-order valence-electron chi connectivity index (χ0n) is 11.8. The zero-order chi connectivity index (χ0) is 14.1. The van der Waals surface area contributed by atoms with Crippen LogP contribution in [0.5, 0.6) is 0 Å². The fraction of sp³-hybridized carbons (Fsp3) is 0.714. The second-order valence-electron chi connectivity index (χ2n) is 4.66. The smallest absolute Gasteiger partial charge is 0.325 e. The fourth-order valence-corrected chi connectivity index (χ4v) is 2.19. The molecule has 0 bridgehead atoms. The molecule has 0 N–H and O–H groups in total. The highest BCUT2D eigenvalue weighted by Crippen LogP contribution is 2.12. The van der Waals surface area contributed by atoms with E-state index in [9.17, 15) is 9.59 Å². The van der Waals surface area contributed by atoms with Crippen LogP contribution in [0.2, 0.25) is 0 Å². The number of hydrogen-bond donors (Lipinski definition) is 0. The number of urea groups is 1. The Balaban J connectivity index is 2.59. The molecular formula is C14H24N2O3. The van der Waals surface area contributed by atoms with Crippen molar-refractivity contribution >= 4 is 12.0 Å². The summed E-state index contributed by atoms with van der Waals surface area (Å²) in [6.45, 7) is 7.63. The van der Waals surface area contributed by atoms with Gasteiger partial charge in [-0.15, -0.1) is 6.58 Å². The summed E-state index contributed by atoms with van der Waals surface area (Å²) in [5, 5.41) is 0. The van der Waals surface area contributed by atoms with Crippen LogP contribution in [-0.4, -0.2) is 54.6 Å². The van der Waals surface area contributed by atoms with E-state index in [2.05, 4.69) is 6.58 Å². The van der Waals surface area contributed by atoms with Gasteiger partial charge in [0.2, 0.25) is 0 Å². The van der Waals surface area contributed by atoms with Crippen LogP contribution in [0.25, 0.3) is 0 Å². The molecule has 0 atom stereocenters. The molecule has 0 radical (unpaired) electrons. The molecule has 0 saturated carbocycles. The van der Waals surface area contributed by atoms with Gasteiger partial charge in [0.15, 0.2) is 0 Å². The molecule has 0 spiro atoms. The average Bonchev–Trinajstić information content (AvgIpc) is 2.66. The van der Waals surface area contributed by atoms with Crippen molar-refractivity contribution < 1.29 is 14.3 Å². The van der Waals surface area contributed by atoms with Crippen LogP contribution in [0, 0.1) is 0 Å². The van der Waals surface area contributed by atoms with Crippen molar-refractivity contribution in [3.8, 4) is 0 Å². The summed E-state index contributed by atoms with van der Waals surface area (Å²) >= 11 is 0. The van der Waals surface area contributed by atoms with E-state index in [1.54, 1.807) is 13.0 Å². The number of amides is 2. The Morgan fingerprint density at radius 3 is 2.42 bits per heavy atom. The molecule has 5 heteroatoms. The number of carbonyl (C=O) groups is 2. The average molecular weight is 268 g/mol. The molecule has 0 aromatic rings. The fourth-order valence-electron chi connectivity index (χ4n) is 2.19. The first kappa shape index (κ1) is 15.5. The number of esters is 1. The molecular weight excluding hydrogens is 244 g/mol. The van der Waals surface area contributed by atoms with E-state index >= 15 is 0 Å². The lowest BCUT2D eigenvalue weighted by atomic mass is 10.2. The number of ether oxygens (including phenoxy) is 1. The molecule has 108 valence electrons. The van der Waals surface area contributed by atoms with Gasteiger partial charge in [0.05, 0.1) is 6.61 Å². The van der Waals surface area contributed by atoms with Crippen molar-refractivity contribution in [1.29, 1.82) is 0 Å². The van der Waals surface area contributed by atoms with Gasteiger partial charge in [-0.25, -0.2) is 4.79 Å². The Labute approximate surface area is 115 Å². The maximum atomic E-state index is 12.4. The van der Waals surface area contributed by atoms with E-state index in [0.717, 1.165) is 25.9 Å². The van der Waals surface area contributed by atoms with Crippen molar-refractivity contribution in [2.24, 2.45) is 0 Å². The minimum atomic E-state index is -0.368. The van der Waals surface area contributed by atoms with E-state index in [4.69, 9.17) is 4.74 Å². The van der Waals surface area contributed by atoms with Crippen LogP contribution < -0.4 is 0 Å². The normalized spacial score (nSPS) is 15.5. The van der Waals surface area contributed by atoms with Gasteiger partial charge < -0.3 is 14.5 Å². The van der Waals surface area contributed by atoms with Crippen molar-refractivity contribution in [3.63, 3.8) is 0 Å². The second-order valence-corrected chi connectivity index (χ2v) is 4.66. The quantitative estimate of drug-likeness (QED) is 0.566. The van der Waals surface area contributed by atoms with Gasteiger partial charge >= 0.3 is 12.0 Å². The molecule has 1 aliphatic rings. The molecule has 5 nitrogen and oxygen atoms in total. The maximum Gasteiger partial charge on any atom is 0.325 e. The van der Waals surface area contributed by atoms with E-state index in [-0.39, 0.29) is 18.5 Å². The molecule has 0 unspecified atom stereocenters. The number of rotatable bonds is 5. The van der Waals surface area contributed by atoms with Gasteiger partial charge in [-0.2, -0.15) is 0 Å². The predicted molar refractivity (Wildman–Crippen MR) is 73.8 cm³/mol. The highest BCUT2D eigenvalue weighted by molar-refractivity contribution is 5.81. The van der Waals surface area contributed by atoms with E-state index in [1.165, 1.54) is 17.7 Å². The van der Waals surface area contributed by atoms with Gasteiger partial charge in [0.1, 0.15) is 6.54 Å². The first-order valence-corrected chi connectivity index (χ1v) is 6.99. The monoisotopic (exact) mass is 268 g/mol. The van der Waals surface area contributed by atoms with Gasteiger partial charge in [-0.1, -0.05) is 18.9 Å². The number of nitrogens with zero attached hydrogens (tertiary/aromatic N) is 2. The maximum absolute atomic E-state index is 12.4. The highest BCUT2D eigenvalue weighted by Gasteiger charge is 2.23. The molecule has 2 amide bonds. The summed E-state index contributed by atoms with van der Waals surface area (Å²) in [6.07, 6.45) is 6.04. The Hall–Kier alpha value is -1.52. The Bertz CT molecular complexity index is 310. The van der Waals surface area contributed by atoms with Crippen molar-refractivity contribution in [1.82, 2.24) is 9.80 Å². The predicted octanol–water partition coefficient (Wildman–Crippen LogP) is 2.03. The van der Waals surface area contributed by atoms with Gasteiger partial charge in [0, 0.05) is 19.6 Å². The summed E-state index contributed by atoms with van der Waals surface area (Å²) in [5.41, 5.74) is 0. The van der Waals surface area contributed by atoms with Crippen LogP contribution in [-0.2, 0) is 9.53 Å². The third-order valence-corrected chi connectivity index (χ3v) is 3.12. The Kier molecular flexibility index (Phi) is 7.00. The van der Waals surface area contributed by atoms with Crippen LogP contribution in [0.1, 0.15) is 32.6 Å². The third kappa shape index (κ3) is 5.32. The van der Waals surface area contributed by atoms with Gasteiger partial charge in [0.25, 0.3) is 0 Å². The molecule has 1 saturated heterocycles. The number of likely N-dealkylation sites (tertiary alicyclic amines) is 1.